The molecular formula is C45H78N2O6. The van der Waals surface area contributed by atoms with Gasteiger partial charge in [-0.05, 0) is 121 Å². The Labute approximate surface area is 323 Å². The predicted molar refractivity (Wildman–Crippen MR) is 217 cm³/mol. The van der Waals surface area contributed by atoms with Crippen molar-refractivity contribution in [2.24, 2.45) is 17.3 Å². The fourth-order valence-electron chi connectivity index (χ4n) is 7.65. The fraction of sp³-hybridized carbons (Fsp3) is 0.800. The van der Waals surface area contributed by atoms with Crippen LogP contribution in [0.3, 0.4) is 0 Å². The summed E-state index contributed by atoms with van der Waals surface area (Å²) in [6.07, 6.45) is 26.0. The molecule has 1 fully saturated rings. The van der Waals surface area contributed by atoms with Gasteiger partial charge in [0.2, 0.25) is 11.8 Å². The zero-order valence-electron chi connectivity index (χ0n) is 34.6. The quantitative estimate of drug-likeness (QED) is 0.0360. The van der Waals surface area contributed by atoms with E-state index in [4.69, 9.17) is 4.74 Å². The molecule has 304 valence electrons. The molecule has 0 radical (unpaired) electrons. The van der Waals surface area contributed by atoms with Crippen molar-refractivity contribution in [3.8, 4) is 0 Å². The van der Waals surface area contributed by atoms with Gasteiger partial charge in [-0.1, -0.05) is 95.9 Å². The number of hydrogen-bond donors (Lipinski definition) is 4. The highest BCUT2D eigenvalue weighted by Crippen LogP contribution is 2.45. The van der Waals surface area contributed by atoms with Gasteiger partial charge in [0, 0.05) is 19.5 Å². The van der Waals surface area contributed by atoms with Gasteiger partial charge in [0.05, 0.1) is 24.0 Å². The Hall–Kier alpha value is -2.45. The predicted octanol–water partition coefficient (Wildman–Crippen LogP) is 9.58. The van der Waals surface area contributed by atoms with Crippen LogP contribution in [0, 0.1) is 17.3 Å². The smallest absolute Gasteiger partial charge is 0.312 e. The molecule has 1 saturated carbocycles. The average Bonchev–Trinajstić information content (AvgIpc) is 3.11. The van der Waals surface area contributed by atoms with Crippen LogP contribution in [0.1, 0.15) is 183 Å². The third-order valence-electron chi connectivity index (χ3n) is 11.4. The number of aliphatic hydroxyl groups is 2. The zero-order chi connectivity index (χ0) is 39.1. The minimum atomic E-state index is -0.963. The van der Waals surface area contributed by atoms with E-state index in [0.717, 1.165) is 44.9 Å². The number of ether oxygens (including phenoxy) is 1. The highest BCUT2D eigenvalue weighted by Gasteiger charge is 2.39. The van der Waals surface area contributed by atoms with Gasteiger partial charge in [-0.3, -0.25) is 14.4 Å². The highest BCUT2D eigenvalue weighted by atomic mass is 16.5. The van der Waals surface area contributed by atoms with E-state index in [9.17, 15) is 24.6 Å². The molecular weight excluding hydrogens is 665 g/mol. The molecule has 4 N–H and O–H groups in total. The SMILES string of the molecule is CCCCCCCC/C=C\CCCCCCCC(=O)NCCNC(=O)C[C@H](O)CC(O)CCC1=C2C(CC=C1C)C[C@@H](C)CC2OC(=O)C(C)(C)CC. The normalized spacial score (nSPS) is 20.2. The van der Waals surface area contributed by atoms with Crippen molar-refractivity contribution in [2.45, 2.75) is 201 Å². The summed E-state index contributed by atoms with van der Waals surface area (Å²) in [4.78, 5) is 37.7. The first-order valence-electron chi connectivity index (χ1n) is 21.5. The molecule has 8 nitrogen and oxygen atoms in total. The molecule has 0 aromatic rings. The van der Waals surface area contributed by atoms with Crippen molar-refractivity contribution in [2.75, 3.05) is 13.1 Å². The summed E-state index contributed by atoms with van der Waals surface area (Å²) in [7, 11) is 0. The number of unbranched alkanes of at least 4 members (excludes halogenated alkanes) is 11. The summed E-state index contributed by atoms with van der Waals surface area (Å²) in [6, 6.07) is 0. The van der Waals surface area contributed by atoms with Crippen LogP contribution in [0.4, 0.5) is 0 Å². The van der Waals surface area contributed by atoms with Crippen LogP contribution in [-0.4, -0.2) is 59.4 Å². The highest BCUT2D eigenvalue weighted by molar-refractivity contribution is 5.77. The average molecular weight is 743 g/mol. The van der Waals surface area contributed by atoms with Gasteiger partial charge >= 0.3 is 5.97 Å². The lowest BCUT2D eigenvalue weighted by molar-refractivity contribution is -0.159. The van der Waals surface area contributed by atoms with Gasteiger partial charge in [0.1, 0.15) is 6.10 Å². The molecule has 0 aromatic carbocycles. The Morgan fingerprint density at radius 1 is 0.868 bits per heavy atom. The van der Waals surface area contributed by atoms with E-state index in [-0.39, 0.29) is 36.7 Å². The molecule has 2 rings (SSSR count). The molecule has 0 bridgehead atoms. The first-order chi connectivity index (χ1) is 25.4. The number of aliphatic hydroxyl groups excluding tert-OH is 2. The van der Waals surface area contributed by atoms with Crippen molar-refractivity contribution >= 4 is 17.8 Å². The molecule has 3 unspecified atom stereocenters. The van der Waals surface area contributed by atoms with Crippen LogP contribution in [-0.2, 0) is 19.1 Å². The maximum absolute atomic E-state index is 13.1. The second-order valence-electron chi connectivity index (χ2n) is 16.8. The first kappa shape index (κ1) is 46.7. The van der Waals surface area contributed by atoms with E-state index in [2.05, 4.69) is 49.6 Å². The summed E-state index contributed by atoms with van der Waals surface area (Å²) in [5, 5.41) is 27.1. The Morgan fingerprint density at radius 3 is 2.11 bits per heavy atom. The summed E-state index contributed by atoms with van der Waals surface area (Å²) >= 11 is 0. The van der Waals surface area contributed by atoms with Crippen LogP contribution in [0.2, 0.25) is 0 Å². The summed E-state index contributed by atoms with van der Waals surface area (Å²) in [5.74, 6) is 0.343. The van der Waals surface area contributed by atoms with Crippen molar-refractivity contribution in [3.63, 3.8) is 0 Å². The molecule has 0 aliphatic heterocycles. The van der Waals surface area contributed by atoms with E-state index in [1.807, 2.05) is 20.8 Å². The number of carbonyl (C=O) groups excluding carboxylic acids is 3. The van der Waals surface area contributed by atoms with Crippen LogP contribution in [0.5, 0.6) is 0 Å². The van der Waals surface area contributed by atoms with Crippen molar-refractivity contribution in [1.82, 2.24) is 10.6 Å². The Bertz CT molecular complexity index is 1170. The number of fused-ring (bicyclic) bond motifs is 1. The van der Waals surface area contributed by atoms with E-state index < -0.39 is 17.6 Å². The molecule has 0 saturated heterocycles. The van der Waals surface area contributed by atoms with Crippen molar-refractivity contribution in [1.29, 1.82) is 0 Å². The largest absolute Gasteiger partial charge is 0.457 e. The number of allylic oxidation sites excluding steroid dienone is 5. The summed E-state index contributed by atoms with van der Waals surface area (Å²) < 4.78 is 6.19. The minimum absolute atomic E-state index is 0.00227. The van der Waals surface area contributed by atoms with Gasteiger partial charge in [0.25, 0.3) is 0 Å². The molecule has 2 amide bonds. The van der Waals surface area contributed by atoms with Gasteiger partial charge < -0.3 is 25.6 Å². The standard InChI is InChI=1S/C45H78N2O6/c1-7-9-10-11-12-13-14-15-16-17-18-19-20-21-22-23-41(50)46-28-29-47-42(51)33-38(49)32-37(48)26-27-39-35(4)24-25-36-30-34(3)31-40(43(36)39)53-44(52)45(5,6)8-2/h15-16,24,34,36-38,40,48-49H,7-14,17-23,25-33H2,1-6H3,(H,46,50)(H,47,51)/b16-15-/t34-,36?,37?,38-,40?/m1/s1. The van der Waals surface area contributed by atoms with E-state index in [1.54, 1.807) is 0 Å². The van der Waals surface area contributed by atoms with E-state index >= 15 is 0 Å². The molecule has 53 heavy (non-hydrogen) atoms. The molecule has 8 heteroatoms. The number of nitrogens with one attached hydrogen (secondary N) is 2. The third kappa shape index (κ3) is 19.1. The van der Waals surface area contributed by atoms with Crippen LogP contribution >= 0.6 is 0 Å². The van der Waals surface area contributed by atoms with Gasteiger partial charge in [0.15, 0.2) is 0 Å². The number of esters is 1. The molecule has 0 aromatic heterocycles. The first-order valence-corrected chi connectivity index (χ1v) is 21.5. The van der Waals surface area contributed by atoms with Gasteiger partial charge in [-0.2, -0.15) is 0 Å². The lowest BCUT2D eigenvalue weighted by atomic mass is 9.69. The maximum atomic E-state index is 13.1. The van der Waals surface area contributed by atoms with E-state index in [1.165, 1.54) is 74.5 Å². The number of amides is 2. The third-order valence-corrected chi connectivity index (χ3v) is 11.4. The van der Waals surface area contributed by atoms with Crippen LogP contribution < -0.4 is 10.6 Å². The molecule has 0 spiro atoms. The number of carbonyl (C=O) groups is 3. The molecule has 2 aliphatic rings. The lowest BCUT2D eigenvalue weighted by Crippen LogP contribution is -2.38. The second kappa shape index (κ2) is 26.4. The Morgan fingerprint density at radius 2 is 1.47 bits per heavy atom. The fourth-order valence-corrected chi connectivity index (χ4v) is 7.65. The van der Waals surface area contributed by atoms with Crippen molar-refractivity contribution in [3.05, 3.63) is 34.9 Å². The Kier molecular flexibility index (Phi) is 23.2. The minimum Gasteiger partial charge on any atom is -0.457 e. The van der Waals surface area contributed by atoms with Gasteiger partial charge in [-0.15, -0.1) is 0 Å². The summed E-state index contributed by atoms with van der Waals surface area (Å²) in [6.45, 7) is 13.1. The lowest BCUT2D eigenvalue weighted by Gasteiger charge is -2.40. The molecule has 5 atom stereocenters. The van der Waals surface area contributed by atoms with Crippen LogP contribution in [0.15, 0.2) is 34.9 Å². The monoisotopic (exact) mass is 743 g/mol. The second-order valence-corrected chi connectivity index (χ2v) is 16.8. The molecule has 2 aliphatic carbocycles. The topological polar surface area (TPSA) is 125 Å². The van der Waals surface area contributed by atoms with E-state index in [0.29, 0.717) is 50.6 Å². The number of hydrogen-bond acceptors (Lipinski definition) is 6. The maximum Gasteiger partial charge on any atom is 0.312 e. The van der Waals surface area contributed by atoms with Crippen LogP contribution in [0.25, 0.3) is 0 Å². The van der Waals surface area contributed by atoms with Gasteiger partial charge in [-0.25, -0.2) is 0 Å². The zero-order valence-corrected chi connectivity index (χ0v) is 34.6. The number of rotatable bonds is 28. The van der Waals surface area contributed by atoms with Crippen molar-refractivity contribution < 1.29 is 29.3 Å². The summed E-state index contributed by atoms with van der Waals surface area (Å²) in [5.41, 5.74) is 3.03. The Balaban J connectivity index is 1.60. The molecule has 0 heterocycles.